The highest BCUT2D eigenvalue weighted by molar-refractivity contribution is 5.92. The molecule has 134 valence electrons. The van der Waals surface area contributed by atoms with Crippen LogP contribution in [0.5, 0.6) is 0 Å². The minimum Gasteiger partial charge on any atom is -0.361 e. The SMILES string of the molecule is Cc1cc(C(=O)N2CCC[C@H]2c2cncc(-c3c(C)noc3C)n2)on1. The molecule has 3 aromatic rings. The lowest BCUT2D eigenvalue weighted by Gasteiger charge is -2.23. The van der Waals surface area contributed by atoms with E-state index in [1.165, 1.54) is 0 Å². The first-order valence-corrected chi connectivity index (χ1v) is 8.54. The molecule has 4 heterocycles. The third kappa shape index (κ3) is 2.77. The molecule has 1 saturated heterocycles. The van der Waals surface area contributed by atoms with E-state index in [1.807, 2.05) is 13.8 Å². The average molecular weight is 353 g/mol. The van der Waals surface area contributed by atoms with Gasteiger partial charge in [0.15, 0.2) is 0 Å². The van der Waals surface area contributed by atoms with Crippen LogP contribution in [0.2, 0.25) is 0 Å². The molecular formula is C18H19N5O3. The second kappa shape index (κ2) is 6.36. The van der Waals surface area contributed by atoms with Gasteiger partial charge in [0.05, 0.1) is 46.8 Å². The summed E-state index contributed by atoms with van der Waals surface area (Å²) in [5.41, 5.74) is 3.76. The van der Waals surface area contributed by atoms with Crippen LogP contribution in [0.1, 0.15) is 52.3 Å². The third-order valence-electron chi connectivity index (χ3n) is 4.64. The maximum absolute atomic E-state index is 12.8. The van der Waals surface area contributed by atoms with E-state index in [0.717, 1.165) is 29.8 Å². The first-order chi connectivity index (χ1) is 12.5. The van der Waals surface area contributed by atoms with E-state index in [1.54, 1.807) is 30.3 Å². The molecule has 8 heteroatoms. The Morgan fingerprint density at radius 3 is 2.73 bits per heavy atom. The minimum atomic E-state index is -0.169. The lowest BCUT2D eigenvalue weighted by atomic mass is 10.1. The Morgan fingerprint density at radius 1 is 1.19 bits per heavy atom. The van der Waals surface area contributed by atoms with Gasteiger partial charge in [-0.1, -0.05) is 10.3 Å². The molecule has 4 rings (SSSR count). The molecule has 1 aliphatic rings. The second-order valence-electron chi connectivity index (χ2n) is 6.52. The molecule has 3 aromatic heterocycles. The van der Waals surface area contributed by atoms with Crippen molar-refractivity contribution in [3.05, 3.63) is 47.1 Å². The minimum absolute atomic E-state index is 0.138. The predicted octanol–water partition coefficient (Wildman–Crippen LogP) is 3.02. The first kappa shape index (κ1) is 16.4. The molecule has 1 amide bonds. The number of amides is 1. The van der Waals surface area contributed by atoms with E-state index >= 15 is 0 Å². The molecule has 0 bridgehead atoms. The molecule has 1 atom stereocenters. The van der Waals surface area contributed by atoms with Gasteiger partial charge in [0, 0.05) is 12.6 Å². The number of carbonyl (C=O) groups is 1. The zero-order valence-electron chi connectivity index (χ0n) is 14.9. The molecule has 0 spiro atoms. The molecule has 0 aromatic carbocycles. The van der Waals surface area contributed by atoms with E-state index in [0.29, 0.717) is 23.7 Å². The zero-order valence-corrected chi connectivity index (χ0v) is 14.9. The molecule has 1 fully saturated rings. The van der Waals surface area contributed by atoms with Crippen molar-refractivity contribution in [2.24, 2.45) is 0 Å². The van der Waals surface area contributed by atoms with Crippen molar-refractivity contribution in [1.82, 2.24) is 25.2 Å². The van der Waals surface area contributed by atoms with E-state index < -0.39 is 0 Å². The second-order valence-corrected chi connectivity index (χ2v) is 6.52. The number of hydrogen-bond acceptors (Lipinski definition) is 7. The van der Waals surface area contributed by atoms with Gasteiger partial charge >= 0.3 is 0 Å². The molecule has 26 heavy (non-hydrogen) atoms. The van der Waals surface area contributed by atoms with Crippen molar-refractivity contribution in [3.63, 3.8) is 0 Å². The zero-order chi connectivity index (χ0) is 18.3. The normalized spacial score (nSPS) is 17.0. The van der Waals surface area contributed by atoms with Crippen LogP contribution in [0.25, 0.3) is 11.3 Å². The summed E-state index contributed by atoms with van der Waals surface area (Å²) in [4.78, 5) is 23.6. The van der Waals surface area contributed by atoms with Gasteiger partial charge in [0.1, 0.15) is 5.76 Å². The number of rotatable bonds is 3. The summed E-state index contributed by atoms with van der Waals surface area (Å²) in [6, 6.07) is 1.52. The molecule has 0 saturated carbocycles. The van der Waals surface area contributed by atoms with Crippen LogP contribution >= 0.6 is 0 Å². The van der Waals surface area contributed by atoms with Gasteiger partial charge in [-0.15, -0.1) is 0 Å². The fraction of sp³-hybridized carbons (Fsp3) is 0.389. The van der Waals surface area contributed by atoms with Crippen LogP contribution in [0.15, 0.2) is 27.5 Å². The van der Waals surface area contributed by atoms with Gasteiger partial charge in [-0.3, -0.25) is 9.78 Å². The molecular weight excluding hydrogens is 334 g/mol. The van der Waals surface area contributed by atoms with Crippen molar-refractivity contribution >= 4 is 5.91 Å². The van der Waals surface area contributed by atoms with Crippen molar-refractivity contribution in [2.75, 3.05) is 6.54 Å². The maximum Gasteiger partial charge on any atom is 0.293 e. The Morgan fingerprint density at radius 2 is 2.04 bits per heavy atom. The van der Waals surface area contributed by atoms with Crippen LogP contribution < -0.4 is 0 Å². The first-order valence-electron chi connectivity index (χ1n) is 8.54. The number of aryl methyl sites for hydroxylation is 3. The van der Waals surface area contributed by atoms with Gasteiger partial charge < -0.3 is 13.9 Å². The largest absolute Gasteiger partial charge is 0.361 e. The van der Waals surface area contributed by atoms with Gasteiger partial charge in [0.25, 0.3) is 5.91 Å². The molecule has 1 aliphatic heterocycles. The molecule has 0 unspecified atom stereocenters. The van der Waals surface area contributed by atoms with E-state index in [2.05, 4.69) is 15.3 Å². The number of likely N-dealkylation sites (tertiary alicyclic amines) is 1. The van der Waals surface area contributed by atoms with Crippen LogP contribution in [-0.4, -0.2) is 37.6 Å². The van der Waals surface area contributed by atoms with Gasteiger partial charge in [-0.25, -0.2) is 4.98 Å². The highest BCUT2D eigenvalue weighted by atomic mass is 16.5. The summed E-state index contributed by atoms with van der Waals surface area (Å²) in [6.45, 7) is 6.17. The highest BCUT2D eigenvalue weighted by Gasteiger charge is 2.33. The Hall–Kier alpha value is -3.03. The van der Waals surface area contributed by atoms with E-state index in [-0.39, 0.29) is 17.7 Å². The Kier molecular flexibility index (Phi) is 4.02. The van der Waals surface area contributed by atoms with Crippen LogP contribution in [0, 0.1) is 20.8 Å². The van der Waals surface area contributed by atoms with Crippen molar-refractivity contribution in [2.45, 2.75) is 39.7 Å². The summed E-state index contributed by atoms with van der Waals surface area (Å²) in [7, 11) is 0. The van der Waals surface area contributed by atoms with Crippen molar-refractivity contribution in [3.8, 4) is 11.3 Å². The molecule has 8 nitrogen and oxygen atoms in total. The number of nitrogens with zero attached hydrogens (tertiary/aromatic N) is 5. The summed E-state index contributed by atoms with van der Waals surface area (Å²) >= 11 is 0. The van der Waals surface area contributed by atoms with Gasteiger partial charge in [-0.2, -0.15) is 0 Å². The Labute approximate surface area is 150 Å². The monoisotopic (exact) mass is 353 g/mol. The number of aromatic nitrogens is 4. The predicted molar refractivity (Wildman–Crippen MR) is 91.3 cm³/mol. The molecule has 0 radical (unpaired) electrons. The molecule has 0 aliphatic carbocycles. The van der Waals surface area contributed by atoms with Crippen LogP contribution in [0.4, 0.5) is 0 Å². The van der Waals surface area contributed by atoms with E-state index in [9.17, 15) is 4.79 Å². The molecule has 0 N–H and O–H groups in total. The van der Waals surface area contributed by atoms with Crippen molar-refractivity contribution < 1.29 is 13.8 Å². The Balaban J connectivity index is 1.66. The Bertz CT molecular complexity index is 942. The fourth-order valence-electron chi connectivity index (χ4n) is 3.43. The fourth-order valence-corrected chi connectivity index (χ4v) is 3.43. The highest BCUT2D eigenvalue weighted by Crippen LogP contribution is 2.33. The summed E-state index contributed by atoms with van der Waals surface area (Å²) < 4.78 is 10.4. The smallest absolute Gasteiger partial charge is 0.293 e. The van der Waals surface area contributed by atoms with Gasteiger partial charge in [-0.05, 0) is 33.6 Å². The lowest BCUT2D eigenvalue weighted by Crippen LogP contribution is -2.30. The third-order valence-corrected chi connectivity index (χ3v) is 4.64. The van der Waals surface area contributed by atoms with E-state index in [4.69, 9.17) is 14.0 Å². The summed E-state index contributed by atoms with van der Waals surface area (Å²) in [6.07, 6.45) is 5.14. The van der Waals surface area contributed by atoms with Crippen molar-refractivity contribution in [1.29, 1.82) is 0 Å². The lowest BCUT2D eigenvalue weighted by molar-refractivity contribution is 0.0690. The maximum atomic E-state index is 12.8. The number of hydrogen-bond donors (Lipinski definition) is 0. The van der Waals surface area contributed by atoms with Crippen LogP contribution in [0.3, 0.4) is 0 Å². The standard InChI is InChI=1S/C18H19N5O3/c1-10-7-16(26-21-10)18(24)23-6-4-5-15(23)13-8-19-9-14(20-13)17-11(2)22-25-12(17)3/h7-9,15H,4-6H2,1-3H3/t15-/m0/s1. The van der Waals surface area contributed by atoms with Crippen LogP contribution in [-0.2, 0) is 0 Å². The summed E-state index contributed by atoms with van der Waals surface area (Å²) in [5.74, 6) is 0.785. The quantitative estimate of drug-likeness (QED) is 0.713. The average Bonchev–Trinajstić information content (AvgIpc) is 3.35. The van der Waals surface area contributed by atoms with Gasteiger partial charge in [0.2, 0.25) is 5.76 Å². The summed E-state index contributed by atoms with van der Waals surface area (Å²) in [5, 5.41) is 7.78. The number of carbonyl (C=O) groups excluding carboxylic acids is 1. The topological polar surface area (TPSA) is 98.2 Å².